The van der Waals surface area contributed by atoms with Crippen molar-refractivity contribution in [3.63, 3.8) is 0 Å². The molecule has 5 heteroatoms. The van der Waals surface area contributed by atoms with Crippen molar-refractivity contribution >= 4 is 39.0 Å². The molecule has 1 fully saturated rings. The van der Waals surface area contributed by atoms with Crippen LogP contribution in [0.4, 0.5) is 0 Å². The largest absolute Gasteiger partial charge is 0.392 e. The van der Waals surface area contributed by atoms with Gasteiger partial charge in [0.05, 0.1) is 11.0 Å². The van der Waals surface area contributed by atoms with Crippen LogP contribution in [0, 0.1) is 12.8 Å². The van der Waals surface area contributed by atoms with Gasteiger partial charge >= 0.3 is 0 Å². The number of hydrogen-bond donors (Lipinski definition) is 2. The highest BCUT2D eigenvalue weighted by Crippen LogP contribution is 2.27. The summed E-state index contributed by atoms with van der Waals surface area (Å²) in [5.74, 6) is 0.258. The highest BCUT2D eigenvalue weighted by molar-refractivity contribution is 9.10. The predicted octanol–water partition coefficient (Wildman–Crippen LogP) is 3.72. The highest BCUT2D eigenvalue weighted by atomic mass is 79.9. The van der Waals surface area contributed by atoms with Crippen LogP contribution in [0.25, 0.3) is 0 Å². The minimum Gasteiger partial charge on any atom is -0.392 e. The molecule has 1 aromatic carbocycles. The van der Waals surface area contributed by atoms with Crippen molar-refractivity contribution in [2.24, 2.45) is 11.7 Å². The Bertz CT molecular complexity index is 541. The Morgan fingerprint density at radius 3 is 2.62 bits per heavy atom. The molecule has 1 atom stereocenters. The maximum absolute atomic E-state index is 12.4. The Hall–Kier alpha value is -0.940. The van der Waals surface area contributed by atoms with Gasteiger partial charge in [0.15, 0.2) is 0 Å². The van der Waals surface area contributed by atoms with Crippen molar-refractivity contribution < 1.29 is 4.79 Å². The molecule has 3 N–H and O–H groups in total. The van der Waals surface area contributed by atoms with E-state index in [4.69, 9.17) is 18.0 Å². The lowest BCUT2D eigenvalue weighted by Gasteiger charge is -2.30. The molecule has 1 amide bonds. The fourth-order valence-corrected chi connectivity index (χ4v) is 3.48. The molecule has 0 heterocycles. The summed E-state index contributed by atoms with van der Waals surface area (Å²) in [6.07, 6.45) is 5.81. The van der Waals surface area contributed by atoms with E-state index in [2.05, 4.69) is 21.2 Å². The maximum Gasteiger partial charge on any atom is 0.251 e. The third-order valence-electron chi connectivity index (χ3n) is 4.15. The summed E-state index contributed by atoms with van der Waals surface area (Å²) >= 11 is 8.62. The van der Waals surface area contributed by atoms with Gasteiger partial charge in [0.1, 0.15) is 0 Å². The number of rotatable bonds is 4. The van der Waals surface area contributed by atoms with Gasteiger partial charge in [-0.2, -0.15) is 0 Å². The summed E-state index contributed by atoms with van der Waals surface area (Å²) in [6, 6.07) is 5.39. The number of amides is 1. The quantitative estimate of drug-likeness (QED) is 0.796. The van der Waals surface area contributed by atoms with Gasteiger partial charge < -0.3 is 11.1 Å². The second kappa shape index (κ2) is 7.36. The van der Waals surface area contributed by atoms with Crippen LogP contribution in [0.1, 0.15) is 48.0 Å². The Balaban J connectivity index is 2.10. The predicted molar refractivity (Wildman–Crippen MR) is 93.5 cm³/mol. The van der Waals surface area contributed by atoms with E-state index in [1.54, 1.807) is 0 Å². The second-order valence-electron chi connectivity index (χ2n) is 5.72. The van der Waals surface area contributed by atoms with E-state index in [-0.39, 0.29) is 11.9 Å². The summed E-state index contributed by atoms with van der Waals surface area (Å²) < 4.78 is 0.930. The molecular formula is C16H21BrN2OS. The van der Waals surface area contributed by atoms with Gasteiger partial charge in [-0.25, -0.2) is 0 Å². The number of aryl methyl sites for hydroxylation is 1. The minimum atomic E-state index is -0.201. The van der Waals surface area contributed by atoms with Gasteiger partial charge in [-0.3, -0.25) is 4.79 Å². The van der Waals surface area contributed by atoms with Crippen LogP contribution in [0.3, 0.4) is 0 Å². The Morgan fingerprint density at radius 1 is 1.38 bits per heavy atom. The topological polar surface area (TPSA) is 55.1 Å². The molecule has 0 bridgehead atoms. The van der Waals surface area contributed by atoms with Gasteiger partial charge in [0.25, 0.3) is 5.91 Å². The van der Waals surface area contributed by atoms with Crippen LogP contribution in [0.2, 0.25) is 0 Å². The lowest BCUT2D eigenvalue weighted by atomic mass is 9.83. The third kappa shape index (κ3) is 4.27. The molecule has 3 nitrogen and oxygen atoms in total. The van der Waals surface area contributed by atoms with Gasteiger partial charge in [0.2, 0.25) is 0 Å². The maximum atomic E-state index is 12.4. The van der Waals surface area contributed by atoms with Crippen molar-refractivity contribution in [2.45, 2.75) is 45.1 Å². The number of carbonyl (C=O) groups excluding carboxylic acids is 1. The number of hydrogen-bond acceptors (Lipinski definition) is 2. The standard InChI is InChI=1S/C16H21BrN2OS/c1-10-7-8-12(9-13(10)17)16(20)19-14(15(18)21)11-5-3-2-4-6-11/h7-9,11,14H,2-6H2,1H3,(H2,18,21)(H,19,20). The summed E-state index contributed by atoms with van der Waals surface area (Å²) in [6.45, 7) is 1.99. The van der Waals surface area contributed by atoms with Crippen LogP contribution in [0.5, 0.6) is 0 Å². The summed E-state index contributed by atoms with van der Waals surface area (Å²) in [5.41, 5.74) is 7.59. The minimum absolute atomic E-state index is 0.112. The van der Waals surface area contributed by atoms with Crippen LogP contribution in [0.15, 0.2) is 22.7 Å². The van der Waals surface area contributed by atoms with Crippen molar-refractivity contribution in [3.05, 3.63) is 33.8 Å². The lowest BCUT2D eigenvalue weighted by molar-refractivity contribution is 0.0932. The van der Waals surface area contributed by atoms with E-state index in [0.717, 1.165) is 22.9 Å². The monoisotopic (exact) mass is 368 g/mol. The van der Waals surface area contributed by atoms with E-state index in [1.165, 1.54) is 19.3 Å². The molecule has 0 saturated heterocycles. The van der Waals surface area contributed by atoms with Crippen LogP contribution in [-0.2, 0) is 0 Å². The number of nitrogens with one attached hydrogen (secondary N) is 1. The molecule has 114 valence electrons. The zero-order chi connectivity index (χ0) is 15.4. The molecule has 1 saturated carbocycles. The summed E-state index contributed by atoms with van der Waals surface area (Å²) in [7, 11) is 0. The number of thiocarbonyl (C=S) groups is 1. The SMILES string of the molecule is Cc1ccc(C(=O)NC(C(N)=S)C2CCCCC2)cc1Br. The first-order valence-corrected chi connectivity index (χ1v) is 8.55. The molecule has 1 aliphatic carbocycles. The Kier molecular flexibility index (Phi) is 5.76. The highest BCUT2D eigenvalue weighted by Gasteiger charge is 2.27. The van der Waals surface area contributed by atoms with Crippen LogP contribution < -0.4 is 11.1 Å². The molecule has 1 aromatic rings. The smallest absolute Gasteiger partial charge is 0.251 e. The van der Waals surface area contributed by atoms with Crippen molar-refractivity contribution in [1.29, 1.82) is 0 Å². The average Bonchev–Trinajstić information content (AvgIpc) is 2.48. The molecule has 0 radical (unpaired) electrons. The zero-order valence-corrected chi connectivity index (χ0v) is 14.6. The fraction of sp³-hybridized carbons (Fsp3) is 0.500. The second-order valence-corrected chi connectivity index (χ2v) is 7.04. The average molecular weight is 369 g/mol. The number of halogens is 1. The zero-order valence-electron chi connectivity index (χ0n) is 12.2. The molecule has 1 aliphatic rings. The molecule has 0 aliphatic heterocycles. The molecule has 2 rings (SSSR count). The molecule has 21 heavy (non-hydrogen) atoms. The van der Waals surface area contributed by atoms with E-state index in [1.807, 2.05) is 25.1 Å². The molecule has 1 unspecified atom stereocenters. The number of benzene rings is 1. The number of nitrogens with two attached hydrogens (primary N) is 1. The van der Waals surface area contributed by atoms with Crippen LogP contribution >= 0.6 is 28.1 Å². The molecule has 0 aromatic heterocycles. The van der Waals surface area contributed by atoms with Crippen LogP contribution in [-0.4, -0.2) is 16.9 Å². The third-order valence-corrected chi connectivity index (χ3v) is 5.26. The van der Waals surface area contributed by atoms with E-state index >= 15 is 0 Å². The van der Waals surface area contributed by atoms with E-state index < -0.39 is 0 Å². The van der Waals surface area contributed by atoms with Crippen molar-refractivity contribution in [2.75, 3.05) is 0 Å². The normalized spacial score (nSPS) is 17.2. The van der Waals surface area contributed by atoms with Crippen molar-refractivity contribution in [1.82, 2.24) is 5.32 Å². The van der Waals surface area contributed by atoms with Gasteiger partial charge in [0, 0.05) is 10.0 Å². The Morgan fingerprint density at radius 2 is 2.05 bits per heavy atom. The Labute approximate surface area is 139 Å². The first-order chi connectivity index (χ1) is 9.99. The number of carbonyl (C=O) groups is 1. The van der Waals surface area contributed by atoms with Gasteiger partial charge in [-0.15, -0.1) is 0 Å². The first-order valence-electron chi connectivity index (χ1n) is 7.35. The van der Waals surface area contributed by atoms with Crippen molar-refractivity contribution in [3.8, 4) is 0 Å². The molecule has 0 spiro atoms. The summed E-state index contributed by atoms with van der Waals surface area (Å²) in [4.78, 5) is 12.8. The van der Waals surface area contributed by atoms with E-state index in [0.29, 0.717) is 16.5 Å². The first kappa shape index (κ1) is 16.4. The lowest BCUT2D eigenvalue weighted by Crippen LogP contribution is -2.48. The van der Waals surface area contributed by atoms with E-state index in [9.17, 15) is 4.79 Å². The molecular weight excluding hydrogens is 348 g/mol. The van der Waals surface area contributed by atoms with Gasteiger partial charge in [-0.05, 0) is 43.4 Å². The van der Waals surface area contributed by atoms with Gasteiger partial charge in [-0.1, -0.05) is 53.5 Å². The fourth-order valence-electron chi connectivity index (χ4n) is 2.85. The summed E-state index contributed by atoms with van der Waals surface area (Å²) in [5, 5.41) is 3.02.